The van der Waals surface area contributed by atoms with E-state index >= 15 is 0 Å². The number of carbonyl (C=O) groups is 1. The van der Waals surface area contributed by atoms with Gasteiger partial charge >= 0.3 is 0 Å². The molecule has 0 aliphatic rings. The van der Waals surface area contributed by atoms with Crippen LogP contribution in [0.5, 0.6) is 0 Å². The van der Waals surface area contributed by atoms with Crippen molar-refractivity contribution in [1.82, 2.24) is 9.80 Å². The fourth-order valence-corrected chi connectivity index (χ4v) is 1.35. The molecule has 14 heavy (non-hydrogen) atoms. The molecule has 0 aromatic heterocycles. The van der Waals surface area contributed by atoms with E-state index in [1.807, 2.05) is 18.9 Å². The fourth-order valence-electron chi connectivity index (χ4n) is 1.35. The van der Waals surface area contributed by atoms with Crippen LogP contribution < -0.4 is 0 Å². The van der Waals surface area contributed by atoms with Gasteiger partial charge in [0.2, 0.25) is 5.91 Å². The maximum atomic E-state index is 11.2. The molecule has 0 bridgehead atoms. The van der Waals surface area contributed by atoms with E-state index in [-0.39, 0.29) is 5.91 Å². The van der Waals surface area contributed by atoms with Crippen molar-refractivity contribution in [3.05, 3.63) is 0 Å². The molecule has 0 saturated carbocycles. The first kappa shape index (κ1) is 13.4. The molecule has 0 N–H and O–H groups in total. The van der Waals surface area contributed by atoms with Crippen LogP contribution in [-0.2, 0) is 4.79 Å². The lowest BCUT2D eigenvalue weighted by Gasteiger charge is -2.16. The Hall–Kier alpha value is -0.570. The summed E-state index contributed by atoms with van der Waals surface area (Å²) in [6.45, 7) is 3.95. The summed E-state index contributed by atoms with van der Waals surface area (Å²) in [6.07, 6.45) is 4.17. The predicted molar refractivity (Wildman–Crippen MR) is 60.3 cm³/mol. The second-order valence-corrected chi connectivity index (χ2v) is 4.03. The largest absolute Gasteiger partial charge is 0.346 e. The maximum Gasteiger partial charge on any atom is 0.222 e. The van der Waals surface area contributed by atoms with Crippen molar-refractivity contribution in [2.24, 2.45) is 0 Å². The van der Waals surface area contributed by atoms with Crippen molar-refractivity contribution in [2.75, 3.05) is 34.2 Å². The first-order valence-electron chi connectivity index (χ1n) is 5.46. The first-order valence-corrected chi connectivity index (χ1v) is 5.46. The Labute approximate surface area is 88.1 Å². The van der Waals surface area contributed by atoms with Crippen LogP contribution in [-0.4, -0.2) is 49.9 Å². The minimum Gasteiger partial charge on any atom is -0.346 e. The van der Waals surface area contributed by atoms with Gasteiger partial charge in [0.1, 0.15) is 0 Å². The molecule has 0 saturated heterocycles. The van der Waals surface area contributed by atoms with Gasteiger partial charge in [0.15, 0.2) is 0 Å². The van der Waals surface area contributed by atoms with Crippen molar-refractivity contribution in [2.45, 2.75) is 32.6 Å². The number of rotatable bonds is 7. The summed E-state index contributed by atoms with van der Waals surface area (Å²) in [7, 11) is 6.07. The van der Waals surface area contributed by atoms with Crippen LogP contribution in [0.4, 0.5) is 0 Å². The lowest BCUT2D eigenvalue weighted by Crippen LogP contribution is -2.26. The summed E-state index contributed by atoms with van der Waals surface area (Å²) in [6, 6.07) is 0. The van der Waals surface area contributed by atoms with Crippen LogP contribution in [0.25, 0.3) is 0 Å². The molecule has 0 atom stereocenters. The Kier molecular flexibility index (Phi) is 7.48. The molecule has 0 heterocycles. The van der Waals surface area contributed by atoms with E-state index in [1.165, 1.54) is 12.8 Å². The Morgan fingerprint density at radius 2 is 1.57 bits per heavy atom. The van der Waals surface area contributed by atoms with Crippen LogP contribution in [0.2, 0.25) is 0 Å². The zero-order valence-electron chi connectivity index (χ0n) is 10.0. The average Bonchev–Trinajstić information content (AvgIpc) is 2.15. The lowest BCUT2D eigenvalue weighted by molar-refractivity contribution is -0.129. The first-order chi connectivity index (χ1) is 6.57. The van der Waals surface area contributed by atoms with Crippen molar-refractivity contribution in [3.8, 4) is 0 Å². The number of hydrogen-bond acceptors (Lipinski definition) is 2. The van der Waals surface area contributed by atoms with Gasteiger partial charge in [0.25, 0.3) is 0 Å². The Morgan fingerprint density at radius 3 is 2.07 bits per heavy atom. The fraction of sp³-hybridized carbons (Fsp3) is 0.909. The molecule has 0 aromatic rings. The summed E-state index contributed by atoms with van der Waals surface area (Å²) in [4.78, 5) is 15.2. The molecule has 3 nitrogen and oxygen atoms in total. The van der Waals surface area contributed by atoms with Gasteiger partial charge < -0.3 is 9.80 Å². The lowest BCUT2D eigenvalue weighted by atomic mass is 10.2. The molecular weight excluding hydrogens is 176 g/mol. The van der Waals surface area contributed by atoms with Gasteiger partial charge in [0, 0.05) is 20.0 Å². The predicted octanol–water partition coefficient (Wildman–Crippen LogP) is 1.59. The highest BCUT2D eigenvalue weighted by Gasteiger charge is 2.04. The van der Waals surface area contributed by atoms with Crippen LogP contribution in [0.15, 0.2) is 0 Å². The third-order valence-corrected chi connectivity index (χ3v) is 2.33. The molecular formula is C11H24N2O. The van der Waals surface area contributed by atoms with Gasteiger partial charge in [0.05, 0.1) is 0 Å². The summed E-state index contributed by atoms with van der Waals surface area (Å²) in [5.41, 5.74) is 0. The molecule has 0 rings (SSSR count). The second-order valence-electron chi connectivity index (χ2n) is 4.03. The normalized spacial score (nSPS) is 10.6. The molecule has 0 aliphatic heterocycles. The third-order valence-electron chi connectivity index (χ3n) is 2.33. The topological polar surface area (TPSA) is 23.6 Å². The summed E-state index contributed by atoms with van der Waals surface area (Å²) in [5.74, 6) is 0.248. The molecule has 1 amide bonds. The highest BCUT2D eigenvalue weighted by Crippen LogP contribution is 1.99. The molecule has 0 fully saturated rings. The minimum atomic E-state index is 0.248. The van der Waals surface area contributed by atoms with Crippen LogP contribution in [0.1, 0.15) is 32.6 Å². The van der Waals surface area contributed by atoms with Gasteiger partial charge in [-0.2, -0.15) is 0 Å². The number of unbranched alkanes of at least 4 members (excludes halogenated alkanes) is 2. The van der Waals surface area contributed by atoms with Crippen LogP contribution in [0, 0.1) is 0 Å². The maximum absolute atomic E-state index is 11.2. The number of carbonyl (C=O) groups excluding carboxylic acids is 1. The minimum absolute atomic E-state index is 0.248. The number of hydrogen-bond donors (Lipinski definition) is 0. The van der Waals surface area contributed by atoms with E-state index in [0.29, 0.717) is 6.42 Å². The van der Waals surface area contributed by atoms with Crippen LogP contribution >= 0.6 is 0 Å². The number of amides is 1. The van der Waals surface area contributed by atoms with E-state index in [2.05, 4.69) is 19.0 Å². The van der Waals surface area contributed by atoms with Gasteiger partial charge in [-0.1, -0.05) is 13.3 Å². The zero-order chi connectivity index (χ0) is 11.0. The monoisotopic (exact) mass is 200 g/mol. The van der Waals surface area contributed by atoms with Gasteiger partial charge in [-0.15, -0.1) is 0 Å². The van der Waals surface area contributed by atoms with Gasteiger partial charge in [-0.25, -0.2) is 0 Å². The van der Waals surface area contributed by atoms with E-state index in [4.69, 9.17) is 0 Å². The summed E-state index contributed by atoms with van der Waals surface area (Å²) in [5, 5.41) is 0. The smallest absolute Gasteiger partial charge is 0.222 e. The summed E-state index contributed by atoms with van der Waals surface area (Å²) < 4.78 is 0. The molecule has 0 radical (unpaired) electrons. The number of nitrogens with zero attached hydrogens (tertiary/aromatic N) is 2. The SMILES string of the molecule is CCC(=O)N(C)CCCCCN(C)C. The standard InChI is InChI=1S/C11H24N2O/c1-5-11(14)13(4)10-8-6-7-9-12(2)3/h5-10H2,1-4H3. The molecule has 0 aromatic carbocycles. The Bertz CT molecular complexity index is 157. The van der Waals surface area contributed by atoms with E-state index in [1.54, 1.807) is 0 Å². The quantitative estimate of drug-likeness (QED) is 0.583. The molecule has 0 unspecified atom stereocenters. The molecule has 0 aliphatic carbocycles. The highest BCUT2D eigenvalue weighted by atomic mass is 16.2. The second kappa shape index (κ2) is 7.80. The van der Waals surface area contributed by atoms with Crippen molar-refractivity contribution in [1.29, 1.82) is 0 Å². The van der Waals surface area contributed by atoms with Crippen molar-refractivity contribution in [3.63, 3.8) is 0 Å². The Morgan fingerprint density at radius 1 is 1.00 bits per heavy atom. The van der Waals surface area contributed by atoms with Crippen LogP contribution in [0.3, 0.4) is 0 Å². The van der Waals surface area contributed by atoms with Crippen molar-refractivity contribution < 1.29 is 4.79 Å². The van der Waals surface area contributed by atoms with Gasteiger partial charge in [-0.3, -0.25) is 4.79 Å². The zero-order valence-corrected chi connectivity index (χ0v) is 10.0. The Balaban J connectivity index is 3.31. The average molecular weight is 200 g/mol. The third kappa shape index (κ3) is 6.89. The highest BCUT2D eigenvalue weighted by molar-refractivity contribution is 5.75. The van der Waals surface area contributed by atoms with Crippen molar-refractivity contribution >= 4 is 5.91 Å². The molecule has 3 heteroatoms. The molecule has 84 valence electrons. The van der Waals surface area contributed by atoms with E-state index in [9.17, 15) is 4.79 Å². The van der Waals surface area contributed by atoms with Gasteiger partial charge in [-0.05, 0) is 33.5 Å². The van der Waals surface area contributed by atoms with E-state index < -0.39 is 0 Å². The molecule has 0 spiro atoms. The summed E-state index contributed by atoms with van der Waals surface area (Å²) >= 11 is 0. The van der Waals surface area contributed by atoms with E-state index in [0.717, 1.165) is 19.5 Å².